The van der Waals surface area contributed by atoms with Crippen LogP contribution in [0.2, 0.25) is 0 Å². The maximum atomic E-state index is 12.6. The number of carbonyl (C=O) groups excluding carboxylic acids is 1. The average molecular weight is 540 g/mol. The molecule has 0 atom stereocenters. The molecule has 5 aromatic rings. The molecule has 0 saturated heterocycles. The lowest BCUT2D eigenvalue weighted by Gasteiger charge is -2.38. The molecule has 4 N–H and O–H groups in total. The highest BCUT2D eigenvalue weighted by atomic mass is 35.5. The fraction of sp³-hybridized carbons (Fsp3) is 0.200. The van der Waals surface area contributed by atoms with Crippen molar-refractivity contribution in [3.8, 4) is 28.3 Å². The number of halogens is 1. The standard InChI is InChI=1S/C30H29N7O.ClH/c1-36(2)29(38)20-7-3-6-19(18-20)24-13-14-25-28(34-24)37(27(35-25)23-8-4-17-33-26(23)31)22-11-9-21(10-12-22)30(32)15-5-16-30;/h3-4,6-14,17-18H,5,15-16,32H2,1-2H3,(H2,31,33);1H. The number of fused-ring (bicyclic) bond motifs is 1. The fourth-order valence-corrected chi connectivity index (χ4v) is 5.01. The van der Waals surface area contributed by atoms with Gasteiger partial charge in [0.25, 0.3) is 5.91 Å². The number of nitrogens with zero attached hydrogens (tertiary/aromatic N) is 5. The summed E-state index contributed by atoms with van der Waals surface area (Å²) in [5, 5.41) is 0. The summed E-state index contributed by atoms with van der Waals surface area (Å²) in [5.74, 6) is 0.994. The van der Waals surface area contributed by atoms with Gasteiger partial charge in [-0.15, -0.1) is 12.4 Å². The Morgan fingerprint density at radius 2 is 1.74 bits per heavy atom. The topological polar surface area (TPSA) is 116 Å². The van der Waals surface area contributed by atoms with Crippen LogP contribution in [0.3, 0.4) is 0 Å². The third-order valence-corrected chi connectivity index (χ3v) is 7.34. The minimum absolute atomic E-state index is 0. The zero-order valence-electron chi connectivity index (χ0n) is 21.8. The van der Waals surface area contributed by atoms with Crippen molar-refractivity contribution in [1.29, 1.82) is 0 Å². The molecule has 3 aromatic heterocycles. The molecule has 1 amide bonds. The summed E-state index contributed by atoms with van der Waals surface area (Å²) < 4.78 is 2.01. The van der Waals surface area contributed by atoms with Crippen LogP contribution in [0.25, 0.3) is 39.5 Å². The van der Waals surface area contributed by atoms with Gasteiger partial charge in [-0.2, -0.15) is 0 Å². The molecule has 39 heavy (non-hydrogen) atoms. The third kappa shape index (κ3) is 4.62. The van der Waals surface area contributed by atoms with Crippen molar-refractivity contribution in [2.24, 2.45) is 5.73 Å². The van der Waals surface area contributed by atoms with E-state index in [2.05, 4.69) is 29.2 Å². The van der Waals surface area contributed by atoms with Gasteiger partial charge in [0.2, 0.25) is 0 Å². The second-order valence-electron chi connectivity index (χ2n) is 10.1. The molecule has 0 unspecified atom stereocenters. The first-order valence-corrected chi connectivity index (χ1v) is 12.7. The summed E-state index contributed by atoms with van der Waals surface area (Å²) in [6.07, 6.45) is 4.82. The highest BCUT2D eigenvalue weighted by molar-refractivity contribution is 5.95. The second kappa shape index (κ2) is 10.1. The van der Waals surface area contributed by atoms with Gasteiger partial charge in [0, 0.05) is 42.6 Å². The van der Waals surface area contributed by atoms with Crippen LogP contribution in [0.15, 0.2) is 79.0 Å². The van der Waals surface area contributed by atoms with E-state index in [-0.39, 0.29) is 23.9 Å². The Morgan fingerprint density at radius 3 is 2.41 bits per heavy atom. The monoisotopic (exact) mass is 539 g/mol. The Morgan fingerprint density at radius 1 is 0.974 bits per heavy atom. The van der Waals surface area contributed by atoms with E-state index in [1.165, 1.54) is 0 Å². The van der Waals surface area contributed by atoms with Gasteiger partial charge in [-0.1, -0.05) is 24.3 Å². The van der Waals surface area contributed by atoms with Crippen molar-refractivity contribution in [2.45, 2.75) is 24.8 Å². The summed E-state index contributed by atoms with van der Waals surface area (Å²) in [7, 11) is 3.48. The zero-order valence-corrected chi connectivity index (χ0v) is 22.7. The molecule has 1 saturated carbocycles. The Bertz CT molecular complexity index is 1670. The van der Waals surface area contributed by atoms with Gasteiger partial charge in [-0.3, -0.25) is 9.36 Å². The van der Waals surface area contributed by atoms with Crippen LogP contribution in [0.1, 0.15) is 35.2 Å². The molecule has 0 radical (unpaired) electrons. The Labute approximate surface area is 233 Å². The lowest BCUT2D eigenvalue weighted by atomic mass is 9.73. The van der Waals surface area contributed by atoms with Crippen molar-refractivity contribution in [1.82, 2.24) is 24.4 Å². The summed E-state index contributed by atoms with van der Waals surface area (Å²) in [4.78, 5) is 28.4. The van der Waals surface area contributed by atoms with Gasteiger partial charge < -0.3 is 16.4 Å². The molecule has 1 aliphatic rings. The number of hydrogen-bond acceptors (Lipinski definition) is 6. The summed E-state index contributed by atoms with van der Waals surface area (Å²) in [6.45, 7) is 0. The van der Waals surface area contributed by atoms with E-state index in [0.717, 1.165) is 52.9 Å². The maximum Gasteiger partial charge on any atom is 0.253 e. The van der Waals surface area contributed by atoms with Crippen molar-refractivity contribution in [2.75, 3.05) is 19.8 Å². The predicted octanol–water partition coefficient (Wildman–Crippen LogP) is 5.19. The lowest BCUT2D eigenvalue weighted by molar-refractivity contribution is 0.0827. The summed E-state index contributed by atoms with van der Waals surface area (Å²) in [6, 6.07) is 23.4. The SMILES string of the molecule is CN(C)C(=O)c1cccc(-c2ccc3nc(-c4cccnc4N)n(-c4ccc(C5(N)CCC5)cc4)c3n2)c1.Cl. The zero-order chi connectivity index (χ0) is 26.4. The van der Waals surface area contributed by atoms with Gasteiger partial charge in [-0.25, -0.2) is 15.0 Å². The number of nitrogens with two attached hydrogens (primary N) is 2. The van der Waals surface area contributed by atoms with Crippen LogP contribution in [-0.4, -0.2) is 44.4 Å². The number of imidazole rings is 1. The number of carbonyl (C=O) groups is 1. The molecule has 0 aliphatic heterocycles. The Hall–Kier alpha value is -4.27. The van der Waals surface area contributed by atoms with Gasteiger partial charge in [0.1, 0.15) is 11.3 Å². The van der Waals surface area contributed by atoms with E-state index in [1.54, 1.807) is 25.2 Å². The lowest BCUT2D eigenvalue weighted by Crippen LogP contribution is -2.43. The van der Waals surface area contributed by atoms with Crippen molar-refractivity contribution >= 4 is 35.3 Å². The van der Waals surface area contributed by atoms with Crippen LogP contribution in [0.4, 0.5) is 5.82 Å². The molecular formula is C30H30ClN7O. The first kappa shape index (κ1) is 26.3. The molecule has 2 aromatic carbocycles. The van der Waals surface area contributed by atoms with Gasteiger partial charge in [-0.05, 0) is 73.4 Å². The van der Waals surface area contributed by atoms with E-state index in [9.17, 15) is 4.79 Å². The number of rotatable bonds is 5. The van der Waals surface area contributed by atoms with Crippen molar-refractivity contribution in [3.05, 3.63) is 90.1 Å². The number of anilines is 1. The second-order valence-corrected chi connectivity index (χ2v) is 10.1. The van der Waals surface area contributed by atoms with Crippen molar-refractivity contribution in [3.63, 3.8) is 0 Å². The molecular weight excluding hydrogens is 510 g/mol. The molecule has 0 bridgehead atoms. The van der Waals surface area contributed by atoms with E-state index < -0.39 is 0 Å². The van der Waals surface area contributed by atoms with Crippen LogP contribution in [0, 0.1) is 0 Å². The van der Waals surface area contributed by atoms with Crippen LogP contribution in [-0.2, 0) is 5.54 Å². The van der Waals surface area contributed by atoms with Gasteiger partial charge in [0.15, 0.2) is 11.5 Å². The maximum absolute atomic E-state index is 12.6. The molecule has 6 rings (SSSR count). The summed E-state index contributed by atoms with van der Waals surface area (Å²) in [5.41, 5.74) is 19.0. The Kier molecular flexibility index (Phi) is 6.84. The molecule has 8 nitrogen and oxygen atoms in total. The first-order valence-electron chi connectivity index (χ1n) is 12.7. The molecule has 0 spiro atoms. The number of benzene rings is 2. The van der Waals surface area contributed by atoms with Crippen LogP contribution >= 0.6 is 12.4 Å². The van der Waals surface area contributed by atoms with E-state index >= 15 is 0 Å². The quantitative estimate of drug-likeness (QED) is 0.317. The number of hydrogen-bond donors (Lipinski definition) is 2. The smallest absolute Gasteiger partial charge is 0.253 e. The highest BCUT2D eigenvalue weighted by Gasteiger charge is 2.34. The minimum atomic E-state index is -0.243. The largest absolute Gasteiger partial charge is 0.383 e. The molecule has 9 heteroatoms. The predicted molar refractivity (Wildman–Crippen MR) is 157 cm³/mol. The minimum Gasteiger partial charge on any atom is -0.383 e. The number of aromatic nitrogens is 4. The summed E-state index contributed by atoms with van der Waals surface area (Å²) >= 11 is 0. The first-order chi connectivity index (χ1) is 18.3. The molecule has 1 fully saturated rings. The van der Waals surface area contributed by atoms with Crippen molar-refractivity contribution < 1.29 is 4.79 Å². The Balaban J connectivity index is 0.00000308. The molecule has 198 valence electrons. The highest BCUT2D eigenvalue weighted by Crippen LogP contribution is 2.39. The number of amides is 1. The molecule has 3 heterocycles. The number of nitrogen functional groups attached to an aromatic ring is 1. The van der Waals surface area contributed by atoms with E-state index in [0.29, 0.717) is 22.9 Å². The number of pyridine rings is 2. The van der Waals surface area contributed by atoms with Crippen LogP contribution in [0.5, 0.6) is 0 Å². The molecule has 1 aliphatic carbocycles. The van der Waals surface area contributed by atoms with Crippen LogP contribution < -0.4 is 11.5 Å². The average Bonchev–Trinajstić information content (AvgIpc) is 3.30. The van der Waals surface area contributed by atoms with E-state index in [4.69, 9.17) is 21.4 Å². The van der Waals surface area contributed by atoms with E-state index in [1.807, 2.05) is 53.1 Å². The fourth-order valence-electron chi connectivity index (χ4n) is 5.01. The van der Waals surface area contributed by atoms with Gasteiger partial charge >= 0.3 is 0 Å². The normalized spacial score (nSPS) is 13.9. The van der Waals surface area contributed by atoms with Gasteiger partial charge in [0.05, 0.1) is 11.3 Å². The third-order valence-electron chi connectivity index (χ3n) is 7.34.